The van der Waals surface area contributed by atoms with Crippen molar-refractivity contribution in [3.63, 3.8) is 0 Å². The molecule has 0 aromatic carbocycles. The van der Waals surface area contributed by atoms with Crippen molar-refractivity contribution in [2.75, 3.05) is 6.54 Å². The van der Waals surface area contributed by atoms with Gasteiger partial charge in [0.1, 0.15) is 5.15 Å². The normalized spacial score (nSPS) is 12.6. The van der Waals surface area contributed by atoms with Crippen LogP contribution >= 0.6 is 11.6 Å². The van der Waals surface area contributed by atoms with Gasteiger partial charge in [0.2, 0.25) is 0 Å². The van der Waals surface area contributed by atoms with E-state index < -0.39 is 0 Å². The predicted molar refractivity (Wildman–Crippen MR) is 86.7 cm³/mol. The van der Waals surface area contributed by atoms with Gasteiger partial charge in [-0.1, -0.05) is 24.6 Å². The molecule has 2 aromatic heterocycles. The number of hydrogen-bond acceptors (Lipinski definition) is 3. The number of aryl methyl sites for hydroxylation is 3. The van der Waals surface area contributed by atoms with Gasteiger partial charge >= 0.3 is 0 Å². The Labute approximate surface area is 131 Å². The molecule has 0 saturated heterocycles. The maximum Gasteiger partial charge on any atom is 0.130 e. The molecule has 114 valence electrons. The topological polar surface area (TPSA) is 42.7 Å². The highest BCUT2D eigenvalue weighted by atomic mass is 35.5. The minimum atomic E-state index is 0.158. The molecule has 0 bridgehead atoms. The van der Waals surface area contributed by atoms with Crippen LogP contribution in [0.3, 0.4) is 0 Å². The number of halogens is 1. The van der Waals surface area contributed by atoms with Gasteiger partial charge in [-0.3, -0.25) is 9.67 Å². The lowest BCUT2D eigenvalue weighted by molar-refractivity contribution is 0.516. The van der Waals surface area contributed by atoms with Crippen molar-refractivity contribution in [3.05, 3.63) is 46.0 Å². The molecule has 0 aliphatic heterocycles. The van der Waals surface area contributed by atoms with Crippen LogP contribution in [0.15, 0.2) is 18.2 Å². The molecule has 0 aliphatic carbocycles. The van der Waals surface area contributed by atoms with Gasteiger partial charge in [-0.25, -0.2) is 0 Å². The second-order valence-electron chi connectivity index (χ2n) is 5.39. The molecule has 0 spiro atoms. The summed E-state index contributed by atoms with van der Waals surface area (Å²) in [6.07, 6.45) is 1.89. The second kappa shape index (κ2) is 7.05. The zero-order chi connectivity index (χ0) is 15.4. The van der Waals surface area contributed by atoms with Gasteiger partial charge < -0.3 is 5.32 Å². The van der Waals surface area contributed by atoms with Crippen molar-refractivity contribution in [2.45, 2.75) is 39.7 Å². The molecule has 1 unspecified atom stereocenters. The third kappa shape index (κ3) is 3.83. The summed E-state index contributed by atoms with van der Waals surface area (Å²) in [5.74, 6) is 0. The van der Waals surface area contributed by atoms with Crippen LogP contribution in [-0.4, -0.2) is 21.3 Å². The van der Waals surface area contributed by atoms with E-state index in [1.165, 1.54) is 0 Å². The Morgan fingerprint density at radius 2 is 2.10 bits per heavy atom. The van der Waals surface area contributed by atoms with E-state index in [1.807, 2.05) is 27.0 Å². The van der Waals surface area contributed by atoms with Crippen molar-refractivity contribution in [2.24, 2.45) is 7.05 Å². The first-order valence-electron chi connectivity index (χ1n) is 7.37. The lowest BCUT2D eigenvalue weighted by Crippen LogP contribution is -2.25. The van der Waals surface area contributed by atoms with Crippen LogP contribution in [0.5, 0.6) is 0 Å². The lowest BCUT2D eigenvalue weighted by atomic mass is 10.0. The second-order valence-corrected chi connectivity index (χ2v) is 5.75. The molecule has 1 N–H and O–H groups in total. The Morgan fingerprint density at radius 3 is 2.67 bits per heavy atom. The van der Waals surface area contributed by atoms with Crippen LogP contribution in [0.4, 0.5) is 0 Å². The van der Waals surface area contributed by atoms with Gasteiger partial charge in [0.25, 0.3) is 0 Å². The molecular formula is C16H23ClN4. The summed E-state index contributed by atoms with van der Waals surface area (Å²) < 4.78 is 1.73. The van der Waals surface area contributed by atoms with Crippen molar-refractivity contribution in [1.29, 1.82) is 0 Å². The van der Waals surface area contributed by atoms with Gasteiger partial charge in [-0.15, -0.1) is 0 Å². The minimum Gasteiger partial charge on any atom is -0.308 e. The van der Waals surface area contributed by atoms with Crippen LogP contribution in [0.1, 0.15) is 42.0 Å². The van der Waals surface area contributed by atoms with E-state index in [2.05, 4.69) is 34.5 Å². The average molecular weight is 307 g/mol. The summed E-state index contributed by atoms with van der Waals surface area (Å²) in [7, 11) is 1.87. The lowest BCUT2D eigenvalue weighted by Gasteiger charge is -2.18. The fraction of sp³-hybridized carbons (Fsp3) is 0.500. The maximum absolute atomic E-state index is 6.36. The molecule has 5 heteroatoms. The molecule has 0 amide bonds. The first-order chi connectivity index (χ1) is 10.0. The van der Waals surface area contributed by atoms with Crippen LogP contribution in [0, 0.1) is 13.8 Å². The van der Waals surface area contributed by atoms with Gasteiger partial charge in [0.05, 0.1) is 17.4 Å². The van der Waals surface area contributed by atoms with E-state index in [1.54, 1.807) is 4.68 Å². The van der Waals surface area contributed by atoms with Crippen molar-refractivity contribution in [3.8, 4) is 0 Å². The Hall–Kier alpha value is -1.39. The average Bonchev–Trinajstić information content (AvgIpc) is 2.69. The maximum atomic E-state index is 6.36. The van der Waals surface area contributed by atoms with Crippen LogP contribution < -0.4 is 5.32 Å². The molecule has 0 fully saturated rings. The van der Waals surface area contributed by atoms with Crippen molar-refractivity contribution >= 4 is 11.6 Å². The summed E-state index contributed by atoms with van der Waals surface area (Å²) >= 11 is 6.36. The molecule has 21 heavy (non-hydrogen) atoms. The number of pyridine rings is 1. The Morgan fingerprint density at radius 1 is 1.33 bits per heavy atom. The van der Waals surface area contributed by atoms with E-state index >= 15 is 0 Å². The van der Waals surface area contributed by atoms with Crippen LogP contribution in [-0.2, 0) is 13.5 Å². The van der Waals surface area contributed by atoms with Gasteiger partial charge in [0.15, 0.2) is 0 Å². The minimum absolute atomic E-state index is 0.158. The van der Waals surface area contributed by atoms with Crippen LogP contribution in [0.2, 0.25) is 5.15 Å². The summed E-state index contributed by atoms with van der Waals surface area (Å²) in [5, 5.41) is 8.67. The van der Waals surface area contributed by atoms with E-state index in [4.69, 9.17) is 11.6 Å². The molecule has 2 heterocycles. The fourth-order valence-corrected chi connectivity index (χ4v) is 2.72. The van der Waals surface area contributed by atoms with Gasteiger partial charge in [-0.2, -0.15) is 5.10 Å². The molecule has 0 radical (unpaired) electrons. The monoisotopic (exact) mass is 306 g/mol. The number of hydrogen-bond donors (Lipinski definition) is 1. The SMILES string of the molecule is CCCNC(Cc1c(C)nn(C)c1Cl)c1cccc(C)n1. The molecule has 0 saturated carbocycles. The largest absolute Gasteiger partial charge is 0.308 e. The number of aromatic nitrogens is 3. The third-order valence-corrected chi connectivity index (χ3v) is 4.06. The Balaban J connectivity index is 2.28. The van der Waals surface area contributed by atoms with Crippen LogP contribution in [0.25, 0.3) is 0 Å². The summed E-state index contributed by atoms with van der Waals surface area (Å²) in [5.41, 5.74) is 4.17. The standard InChI is InChI=1S/C16H23ClN4/c1-5-9-18-15(14-8-6-7-11(2)19-14)10-13-12(3)20-21(4)16(13)17/h6-8,15,18H,5,9-10H2,1-4H3. The van der Waals surface area contributed by atoms with E-state index in [0.717, 1.165) is 42.0 Å². The van der Waals surface area contributed by atoms with Crippen molar-refractivity contribution in [1.82, 2.24) is 20.1 Å². The van der Waals surface area contributed by atoms with E-state index in [9.17, 15) is 0 Å². The Kier molecular flexibility index (Phi) is 5.37. The van der Waals surface area contributed by atoms with Gasteiger partial charge in [0, 0.05) is 18.3 Å². The van der Waals surface area contributed by atoms with E-state index in [-0.39, 0.29) is 6.04 Å². The molecule has 0 aliphatic rings. The number of rotatable bonds is 6. The van der Waals surface area contributed by atoms with Crippen molar-refractivity contribution < 1.29 is 0 Å². The Bertz CT molecular complexity index is 606. The van der Waals surface area contributed by atoms with E-state index in [0.29, 0.717) is 5.15 Å². The summed E-state index contributed by atoms with van der Waals surface area (Å²) in [6, 6.07) is 6.30. The highest BCUT2D eigenvalue weighted by Crippen LogP contribution is 2.25. The zero-order valence-corrected chi connectivity index (χ0v) is 13.9. The highest BCUT2D eigenvalue weighted by molar-refractivity contribution is 6.30. The third-order valence-electron chi connectivity index (χ3n) is 3.59. The fourth-order valence-electron chi connectivity index (χ4n) is 2.47. The predicted octanol–water partition coefficient (Wildman–Crippen LogP) is 3.37. The first kappa shape index (κ1) is 16.0. The molecule has 2 rings (SSSR count). The highest BCUT2D eigenvalue weighted by Gasteiger charge is 2.19. The smallest absolute Gasteiger partial charge is 0.130 e. The molecule has 2 aromatic rings. The first-order valence-corrected chi connectivity index (χ1v) is 7.75. The zero-order valence-electron chi connectivity index (χ0n) is 13.2. The molecule has 1 atom stereocenters. The number of nitrogens with zero attached hydrogens (tertiary/aromatic N) is 3. The van der Waals surface area contributed by atoms with Gasteiger partial charge in [-0.05, 0) is 45.4 Å². The quantitative estimate of drug-likeness (QED) is 0.890. The molecule has 4 nitrogen and oxygen atoms in total. The number of nitrogens with one attached hydrogen (secondary N) is 1. The summed E-state index contributed by atoms with van der Waals surface area (Å²) in [4.78, 5) is 4.66. The summed E-state index contributed by atoms with van der Waals surface area (Å²) in [6.45, 7) is 7.14. The molecular weight excluding hydrogens is 284 g/mol.